The number of ether oxygens (including phenoxy) is 3. The lowest BCUT2D eigenvalue weighted by Gasteiger charge is -2.26. The highest BCUT2D eigenvalue weighted by Crippen LogP contribution is 2.60. The normalized spacial score (nSPS) is 29.4. The van der Waals surface area contributed by atoms with Gasteiger partial charge in [0, 0.05) is 7.11 Å². The summed E-state index contributed by atoms with van der Waals surface area (Å²) in [6.45, 7) is -2.05. The number of aromatic nitrogens is 8. The van der Waals surface area contributed by atoms with Crippen molar-refractivity contribution in [3.63, 3.8) is 0 Å². The average molecular weight is 865 g/mol. The largest absolute Gasteiger partial charge is 0.477 e. The standard InChI is InChI=1S/C21H31N11O19P4/c1-45-14-13(50-55(43,44)47-2-7-11(33)12(34)19(48-7)32-6-27-10-17(32)28-21(23)29-18(10)35)8(3-46-52(36,37)30-53(38,39)51-54(40,41)42)49-20(14)31-5-26-9-15(22)24-4-25-16(9)31/h4-8,11-14,19-20,33-34H,2-3H2,1H3,(H,43,44)(H2,22,24,25)(H2,40,41,42)(H3,23,28,29,35)(H3,30,36,37,38,39)/t7-,8-,11-,12-,13-,14-,19-,20-/m1/s1. The van der Waals surface area contributed by atoms with Crippen LogP contribution in [0.4, 0.5) is 11.8 Å². The van der Waals surface area contributed by atoms with Crippen LogP contribution in [-0.2, 0) is 50.4 Å². The fourth-order valence-electron chi connectivity index (χ4n) is 5.60. The molecule has 0 amide bonds. The summed E-state index contributed by atoms with van der Waals surface area (Å²) in [5.74, 6) is -0.338. The SMILES string of the molecule is CO[C@@H]1[C@H](OP(=O)(O)OC[C@H]2O[C@@H](n3cnc4c(=O)[nH]c(N)nc43)[C@H](O)[C@@H]2O)[C@@H](COP(=O)(O)NP(=O)(O)OP(=O)(O)O)O[C@H]1n1cnc2c(N)ncnc21. The molecule has 2 aliphatic rings. The summed E-state index contributed by atoms with van der Waals surface area (Å²) in [5, 5.41) is 21.4. The molecule has 0 radical (unpaired) electrons. The Labute approximate surface area is 304 Å². The Bertz CT molecular complexity index is 2320. The molecule has 13 N–H and O–H groups in total. The van der Waals surface area contributed by atoms with E-state index in [1.165, 1.54) is 10.9 Å². The highest BCUT2D eigenvalue weighted by molar-refractivity contribution is 7.70. The van der Waals surface area contributed by atoms with Crippen molar-refractivity contribution >= 4 is 65.2 Å². The molecule has 11 atom stereocenters. The van der Waals surface area contributed by atoms with Crippen LogP contribution in [0.15, 0.2) is 23.8 Å². The number of nitrogens with zero attached hydrogens (tertiary/aromatic N) is 7. The van der Waals surface area contributed by atoms with Crippen molar-refractivity contribution in [1.82, 2.24) is 43.9 Å². The minimum Gasteiger partial charge on any atom is -0.387 e. The third-order valence-corrected chi connectivity index (χ3v) is 13.1. The first-order valence-corrected chi connectivity index (χ1v) is 21.1. The number of hydrogen-bond donors (Lipinski definition) is 11. The van der Waals surface area contributed by atoms with Crippen molar-refractivity contribution in [2.45, 2.75) is 49.1 Å². The number of nitrogen functional groups attached to an aromatic ring is 2. The minimum absolute atomic E-state index is 0.0473. The van der Waals surface area contributed by atoms with E-state index in [1.54, 1.807) is 0 Å². The van der Waals surface area contributed by atoms with Crippen molar-refractivity contribution in [3.8, 4) is 0 Å². The van der Waals surface area contributed by atoms with Crippen molar-refractivity contribution in [1.29, 1.82) is 0 Å². The topological polar surface area (TPSA) is 446 Å². The Morgan fingerprint density at radius 2 is 1.47 bits per heavy atom. The molecule has 0 saturated carbocycles. The van der Waals surface area contributed by atoms with Gasteiger partial charge in [0.25, 0.3) is 5.56 Å². The van der Waals surface area contributed by atoms with E-state index in [2.05, 4.69) is 34.2 Å². The Balaban J connectivity index is 1.21. The molecule has 30 nitrogen and oxygen atoms in total. The summed E-state index contributed by atoms with van der Waals surface area (Å²) in [7, 11) is -21.1. The molecule has 304 valence electrons. The summed E-state index contributed by atoms with van der Waals surface area (Å²) in [6.07, 6.45) is -9.47. The van der Waals surface area contributed by atoms with Gasteiger partial charge in [0.05, 0.1) is 25.9 Å². The number of fused-ring (bicyclic) bond motifs is 2. The molecule has 0 bridgehead atoms. The molecule has 0 spiro atoms. The van der Waals surface area contributed by atoms with Gasteiger partial charge in [-0.15, -0.1) is 4.86 Å². The third-order valence-electron chi connectivity index (χ3n) is 7.82. The molecule has 4 aromatic heterocycles. The molecule has 2 aliphatic heterocycles. The van der Waals surface area contributed by atoms with Crippen LogP contribution in [0.2, 0.25) is 0 Å². The first-order valence-electron chi connectivity index (χ1n) is 15.0. The number of methoxy groups -OCH3 is 1. The van der Waals surface area contributed by atoms with Gasteiger partial charge in [-0.25, -0.2) is 38.2 Å². The molecule has 6 heterocycles. The highest BCUT2D eigenvalue weighted by atomic mass is 31.3. The zero-order chi connectivity index (χ0) is 40.2. The molecular weight excluding hydrogens is 834 g/mol. The van der Waals surface area contributed by atoms with E-state index in [0.717, 1.165) is 29.2 Å². The van der Waals surface area contributed by atoms with E-state index in [4.69, 9.17) is 49.0 Å². The van der Waals surface area contributed by atoms with Crippen LogP contribution >= 0.6 is 31.1 Å². The first-order chi connectivity index (χ1) is 25.6. The Morgan fingerprint density at radius 1 is 0.836 bits per heavy atom. The summed E-state index contributed by atoms with van der Waals surface area (Å²) < 4.78 is 87.3. The van der Waals surface area contributed by atoms with Gasteiger partial charge in [-0.05, 0) is 0 Å². The van der Waals surface area contributed by atoms with Crippen molar-refractivity contribution < 1.29 is 85.0 Å². The van der Waals surface area contributed by atoms with E-state index >= 15 is 0 Å². The molecule has 0 aliphatic carbocycles. The zero-order valence-electron chi connectivity index (χ0n) is 27.4. The van der Waals surface area contributed by atoms with Crippen LogP contribution in [0.1, 0.15) is 12.5 Å². The Morgan fingerprint density at radius 3 is 2.15 bits per heavy atom. The van der Waals surface area contributed by atoms with Gasteiger partial charge < -0.3 is 60.4 Å². The second-order valence-electron chi connectivity index (χ2n) is 11.5. The van der Waals surface area contributed by atoms with E-state index in [0.29, 0.717) is 0 Å². The van der Waals surface area contributed by atoms with Gasteiger partial charge in [-0.3, -0.25) is 32.5 Å². The van der Waals surface area contributed by atoms with Gasteiger partial charge in [0.15, 0.2) is 35.1 Å². The summed E-state index contributed by atoms with van der Waals surface area (Å²) in [4.78, 5) is 83.6. The highest BCUT2D eigenvalue weighted by Gasteiger charge is 2.52. The molecule has 3 unspecified atom stereocenters. The van der Waals surface area contributed by atoms with Crippen molar-refractivity contribution in [2.75, 3.05) is 31.8 Å². The molecule has 2 fully saturated rings. The fourth-order valence-corrected chi connectivity index (χ4v) is 10.0. The van der Waals surface area contributed by atoms with Crippen LogP contribution in [0.25, 0.3) is 22.3 Å². The average Bonchev–Trinajstić information content (AvgIpc) is 3.82. The van der Waals surface area contributed by atoms with Crippen LogP contribution in [0, 0.1) is 0 Å². The van der Waals surface area contributed by atoms with Crippen LogP contribution in [0.5, 0.6) is 0 Å². The molecule has 0 aromatic carbocycles. The van der Waals surface area contributed by atoms with E-state index in [9.17, 15) is 47.9 Å². The van der Waals surface area contributed by atoms with E-state index in [-0.39, 0.29) is 34.1 Å². The monoisotopic (exact) mass is 865 g/mol. The Hall–Kier alpha value is -3.18. The molecule has 4 aromatic rings. The number of phosphoric ester groups is 1. The zero-order valence-corrected chi connectivity index (χ0v) is 30.9. The number of nitrogens with two attached hydrogens (primary N) is 2. The number of H-pyrrole nitrogens is 1. The maximum absolute atomic E-state index is 13.4. The van der Waals surface area contributed by atoms with E-state index in [1.807, 2.05) is 0 Å². The lowest BCUT2D eigenvalue weighted by molar-refractivity contribution is -0.0580. The van der Waals surface area contributed by atoms with Gasteiger partial charge in [0.1, 0.15) is 48.5 Å². The van der Waals surface area contributed by atoms with Gasteiger partial charge in [-0.2, -0.15) is 9.29 Å². The number of aromatic amines is 1. The van der Waals surface area contributed by atoms with Gasteiger partial charge >= 0.3 is 31.1 Å². The quantitative estimate of drug-likeness (QED) is 0.0533. The van der Waals surface area contributed by atoms with Crippen LogP contribution in [0.3, 0.4) is 0 Å². The summed E-state index contributed by atoms with van der Waals surface area (Å²) >= 11 is 0. The van der Waals surface area contributed by atoms with Crippen molar-refractivity contribution in [3.05, 3.63) is 29.3 Å². The summed E-state index contributed by atoms with van der Waals surface area (Å²) in [5.41, 5.74) is 10.6. The smallest absolute Gasteiger partial charge is 0.387 e. The van der Waals surface area contributed by atoms with Gasteiger partial charge in [-0.1, -0.05) is 0 Å². The third kappa shape index (κ3) is 9.03. The van der Waals surface area contributed by atoms with Crippen molar-refractivity contribution in [2.24, 2.45) is 0 Å². The first kappa shape index (κ1) is 41.5. The maximum atomic E-state index is 13.4. The molecule has 6 rings (SSSR count). The van der Waals surface area contributed by atoms with Crippen LogP contribution < -0.4 is 21.9 Å². The molecular formula is C21H31N11O19P4. The predicted octanol–water partition coefficient (Wildman–Crippen LogP) is -2.93. The van der Waals surface area contributed by atoms with Crippen LogP contribution in [-0.4, -0.2) is 131 Å². The number of aliphatic hydroxyl groups excluding tert-OH is 2. The number of nitrogens with one attached hydrogen (secondary N) is 2. The number of aliphatic hydroxyl groups is 2. The van der Waals surface area contributed by atoms with Gasteiger partial charge in [0.2, 0.25) is 5.95 Å². The number of rotatable bonds is 15. The second kappa shape index (κ2) is 15.3. The number of imidazole rings is 2. The lowest BCUT2D eigenvalue weighted by Crippen LogP contribution is -2.38. The second-order valence-corrected chi connectivity index (χ2v) is 17.7. The maximum Gasteiger partial charge on any atom is 0.477 e. The lowest BCUT2D eigenvalue weighted by atomic mass is 10.1. The number of hydrogen-bond acceptors (Lipinski definition) is 21. The number of phosphoric acid groups is 2. The molecule has 34 heteroatoms. The van der Waals surface area contributed by atoms with E-state index < -0.39 is 99.0 Å². The number of anilines is 2. The Kier molecular flexibility index (Phi) is 11.5. The molecule has 55 heavy (non-hydrogen) atoms. The molecule has 2 saturated heterocycles. The predicted molar refractivity (Wildman–Crippen MR) is 175 cm³/mol. The summed E-state index contributed by atoms with van der Waals surface area (Å²) in [6, 6.07) is 0. The minimum atomic E-state index is -5.68. The fraction of sp³-hybridized carbons (Fsp3) is 0.524.